The van der Waals surface area contributed by atoms with Crippen LogP contribution in [0.4, 0.5) is 8.78 Å². The van der Waals surface area contributed by atoms with Crippen molar-refractivity contribution in [3.8, 4) is 11.1 Å². The molecular formula is C51H57F2N5O8. The topological polar surface area (TPSA) is 182 Å². The van der Waals surface area contributed by atoms with Gasteiger partial charge in [0.25, 0.3) is 0 Å². The summed E-state index contributed by atoms with van der Waals surface area (Å²) in [7, 11) is 0. The van der Waals surface area contributed by atoms with Gasteiger partial charge in [-0.05, 0) is 53.8 Å². The molecule has 0 saturated heterocycles. The summed E-state index contributed by atoms with van der Waals surface area (Å²) in [6, 6.07) is 29.1. The molecule has 1 aromatic heterocycles. The Kier molecular flexibility index (Phi) is 18.5. The van der Waals surface area contributed by atoms with E-state index in [-0.39, 0.29) is 57.6 Å². The minimum Gasteiger partial charge on any atom is -0.461 e. The van der Waals surface area contributed by atoms with Gasteiger partial charge in [0.1, 0.15) is 37.5 Å². The lowest BCUT2D eigenvalue weighted by molar-refractivity contribution is -0.150. The first-order chi connectivity index (χ1) is 31.7. The van der Waals surface area contributed by atoms with Crippen molar-refractivity contribution in [3.63, 3.8) is 0 Å². The van der Waals surface area contributed by atoms with Crippen LogP contribution in [0.15, 0.2) is 134 Å². The van der Waals surface area contributed by atoms with E-state index in [2.05, 4.69) is 17.2 Å². The van der Waals surface area contributed by atoms with Gasteiger partial charge in [0.2, 0.25) is 17.7 Å². The molecule has 0 spiro atoms. The Labute approximate surface area is 383 Å². The summed E-state index contributed by atoms with van der Waals surface area (Å²) in [5.74, 6) is -4.50. The molecule has 0 saturated carbocycles. The highest BCUT2D eigenvalue weighted by molar-refractivity contribution is 5.86. The fourth-order valence-corrected chi connectivity index (χ4v) is 7.34. The highest BCUT2D eigenvalue weighted by Crippen LogP contribution is 2.42. The average Bonchev–Trinajstić information content (AvgIpc) is 3.73. The molecule has 3 amide bonds. The van der Waals surface area contributed by atoms with Crippen molar-refractivity contribution in [1.82, 2.24) is 20.1 Å². The number of carbonyl (C=O) groups excluding carboxylic acids is 5. The maximum absolute atomic E-state index is 15.2. The molecule has 1 heterocycles. The average molecular weight is 906 g/mol. The van der Waals surface area contributed by atoms with Gasteiger partial charge in [-0.3, -0.25) is 19.2 Å². The van der Waals surface area contributed by atoms with Crippen molar-refractivity contribution in [2.75, 3.05) is 19.7 Å². The first-order valence-corrected chi connectivity index (χ1v) is 21.6. The fraction of sp³-hybridized carbons (Fsp3) is 0.314. The van der Waals surface area contributed by atoms with E-state index in [4.69, 9.17) is 15.2 Å². The second-order valence-electron chi connectivity index (χ2n) is 16.4. The fourth-order valence-electron chi connectivity index (χ4n) is 7.34. The van der Waals surface area contributed by atoms with Crippen molar-refractivity contribution < 1.29 is 47.3 Å². The molecular weight excluding hydrogens is 849 g/mol. The van der Waals surface area contributed by atoms with Crippen molar-refractivity contribution >= 4 is 29.7 Å². The van der Waals surface area contributed by atoms with Gasteiger partial charge < -0.3 is 40.4 Å². The van der Waals surface area contributed by atoms with Gasteiger partial charge in [-0.2, -0.15) is 0 Å². The quantitative estimate of drug-likeness (QED) is 0.0395. The zero-order valence-electron chi connectivity index (χ0n) is 37.2. The van der Waals surface area contributed by atoms with E-state index in [9.17, 15) is 33.5 Å². The number of aliphatic hydroxyl groups excluding tert-OH is 1. The standard InChI is InChI=1S/C51H57F2N5O8/c1-4-51(2,3)48(44-28-38(40-29-39(52)20-21-41(40)53)31-57(44)30-35-14-8-5-9-15-35)58(46(61)32-59)27-25-42(54)49(63)55-26-24-45(60)56-43(50(64)66-34-37-18-12-7-13-19-37)22-23-47(62)65-33-36-16-10-6-11-17-36/h4-21,28-29,31,42-43,48,59H,1,22-27,30,32-34,54H2,2-3H3,(H,55,63)(H,56,60)/t42-,43+,48-/m0/s1. The number of esters is 2. The van der Waals surface area contributed by atoms with Gasteiger partial charge in [0, 0.05) is 60.9 Å². The Bertz CT molecular complexity index is 2410. The third kappa shape index (κ3) is 14.5. The Morgan fingerprint density at radius 2 is 1.44 bits per heavy atom. The van der Waals surface area contributed by atoms with Crippen molar-refractivity contribution in [2.45, 2.75) is 77.4 Å². The van der Waals surface area contributed by atoms with E-state index >= 15 is 4.39 Å². The Morgan fingerprint density at radius 3 is 2.05 bits per heavy atom. The first kappa shape index (κ1) is 50.0. The molecule has 5 N–H and O–H groups in total. The lowest BCUT2D eigenvalue weighted by atomic mass is 9.81. The number of nitrogens with zero attached hydrogens (tertiary/aromatic N) is 2. The summed E-state index contributed by atoms with van der Waals surface area (Å²) in [4.78, 5) is 67.3. The van der Waals surface area contributed by atoms with Crippen LogP contribution in [0.3, 0.4) is 0 Å². The summed E-state index contributed by atoms with van der Waals surface area (Å²) in [5, 5.41) is 15.5. The number of ether oxygens (including phenoxy) is 2. The number of hydrogen-bond acceptors (Lipinski definition) is 9. The van der Waals surface area contributed by atoms with Crippen LogP contribution in [0, 0.1) is 17.0 Å². The molecule has 66 heavy (non-hydrogen) atoms. The van der Waals surface area contributed by atoms with Gasteiger partial charge in [-0.25, -0.2) is 13.6 Å². The van der Waals surface area contributed by atoms with Crippen LogP contribution in [0.25, 0.3) is 11.1 Å². The molecule has 4 aromatic carbocycles. The number of nitrogens with two attached hydrogens (primary N) is 1. The second kappa shape index (κ2) is 24.4. The van der Waals surface area contributed by atoms with Crippen LogP contribution >= 0.6 is 0 Å². The lowest BCUT2D eigenvalue weighted by Gasteiger charge is -2.41. The van der Waals surface area contributed by atoms with Crippen LogP contribution in [0.1, 0.15) is 68.0 Å². The molecule has 0 radical (unpaired) electrons. The third-order valence-corrected chi connectivity index (χ3v) is 11.0. The van der Waals surface area contributed by atoms with Crippen LogP contribution in [-0.4, -0.2) is 76.0 Å². The van der Waals surface area contributed by atoms with Crippen LogP contribution in [-0.2, 0) is 53.2 Å². The highest BCUT2D eigenvalue weighted by atomic mass is 19.1. The predicted molar refractivity (Wildman–Crippen MR) is 245 cm³/mol. The molecule has 0 bridgehead atoms. The number of benzene rings is 4. The van der Waals surface area contributed by atoms with Gasteiger partial charge >= 0.3 is 11.9 Å². The molecule has 13 nitrogen and oxygen atoms in total. The number of halogens is 2. The zero-order valence-corrected chi connectivity index (χ0v) is 37.2. The SMILES string of the molecule is C=CC(C)(C)[C@H](c1cc(-c2cc(F)ccc2F)cn1Cc1ccccc1)N(CC[C@H](N)C(=O)NCCC(=O)N[C@H](CCC(=O)OCc1ccccc1)C(=O)OCc1ccccc1)C(=O)CO. The molecule has 0 aliphatic carbocycles. The number of carbonyl (C=O) groups is 5. The monoisotopic (exact) mass is 905 g/mol. The molecule has 5 rings (SSSR count). The van der Waals surface area contributed by atoms with Crippen LogP contribution < -0.4 is 16.4 Å². The predicted octanol–water partition coefficient (Wildman–Crippen LogP) is 6.53. The summed E-state index contributed by atoms with van der Waals surface area (Å²) >= 11 is 0. The number of rotatable bonds is 24. The summed E-state index contributed by atoms with van der Waals surface area (Å²) in [6.45, 7) is 6.84. The van der Waals surface area contributed by atoms with E-state index in [0.29, 0.717) is 17.8 Å². The molecule has 0 fully saturated rings. The van der Waals surface area contributed by atoms with Crippen molar-refractivity contribution in [1.29, 1.82) is 0 Å². The summed E-state index contributed by atoms with van der Waals surface area (Å²) in [5.41, 5.74) is 8.78. The van der Waals surface area contributed by atoms with E-state index in [1.807, 2.05) is 85.1 Å². The van der Waals surface area contributed by atoms with E-state index in [1.165, 1.54) is 4.90 Å². The molecule has 0 aliphatic heterocycles. The Balaban J connectivity index is 1.24. The molecule has 0 unspecified atom stereocenters. The van der Waals surface area contributed by atoms with Gasteiger partial charge in [-0.1, -0.05) is 111 Å². The maximum Gasteiger partial charge on any atom is 0.328 e. The maximum atomic E-state index is 15.2. The number of aliphatic hydroxyl groups is 1. The summed E-state index contributed by atoms with van der Waals surface area (Å²) < 4.78 is 42.3. The first-order valence-electron chi connectivity index (χ1n) is 21.6. The van der Waals surface area contributed by atoms with Gasteiger partial charge in [0.15, 0.2) is 0 Å². The van der Waals surface area contributed by atoms with Gasteiger partial charge in [-0.15, -0.1) is 6.58 Å². The highest BCUT2D eigenvalue weighted by Gasteiger charge is 2.38. The molecule has 348 valence electrons. The molecule has 0 aliphatic rings. The smallest absolute Gasteiger partial charge is 0.328 e. The van der Waals surface area contributed by atoms with Crippen molar-refractivity contribution in [2.24, 2.45) is 11.1 Å². The third-order valence-electron chi connectivity index (χ3n) is 11.0. The van der Waals surface area contributed by atoms with Crippen molar-refractivity contribution in [3.05, 3.63) is 168 Å². The van der Waals surface area contributed by atoms with E-state index in [1.54, 1.807) is 42.6 Å². The Hall–Kier alpha value is -6.97. The minimum absolute atomic E-state index is 0.0170. The lowest BCUT2D eigenvalue weighted by Crippen LogP contribution is -2.48. The van der Waals surface area contributed by atoms with Crippen LogP contribution in [0.2, 0.25) is 0 Å². The number of nitrogens with one attached hydrogen (secondary N) is 2. The molecule has 5 aromatic rings. The second-order valence-corrected chi connectivity index (χ2v) is 16.4. The number of aromatic nitrogens is 1. The van der Waals surface area contributed by atoms with E-state index in [0.717, 1.165) is 34.9 Å². The summed E-state index contributed by atoms with van der Waals surface area (Å²) in [6.07, 6.45) is 2.72. The number of amides is 3. The van der Waals surface area contributed by atoms with Gasteiger partial charge in [0.05, 0.1) is 12.1 Å². The number of hydrogen-bond donors (Lipinski definition) is 4. The molecule has 3 atom stereocenters. The van der Waals surface area contributed by atoms with Crippen LogP contribution in [0.5, 0.6) is 0 Å². The minimum atomic E-state index is -1.19. The largest absolute Gasteiger partial charge is 0.461 e. The Morgan fingerprint density at radius 1 is 0.833 bits per heavy atom. The van der Waals surface area contributed by atoms with E-state index < -0.39 is 71.4 Å². The molecule has 15 heteroatoms. The zero-order chi connectivity index (χ0) is 47.6. The normalized spacial score (nSPS) is 12.6.